The van der Waals surface area contributed by atoms with Crippen LogP contribution in [-0.4, -0.2) is 73.2 Å². The smallest absolute Gasteiger partial charge is 0.348 e. The molecular formula is C25H34N4O5S. The minimum Gasteiger partial charge on any atom is -0.497 e. The second-order valence-corrected chi connectivity index (χ2v) is 9.69. The molecule has 1 N–H and O–H groups in total. The normalized spacial score (nSPS) is 15.9. The summed E-state index contributed by atoms with van der Waals surface area (Å²) >= 11 is 1.33. The van der Waals surface area contributed by atoms with Gasteiger partial charge in [0.05, 0.1) is 33.2 Å². The van der Waals surface area contributed by atoms with Crippen LogP contribution in [0, 0.1) is 0 Å². The fourth-order valence-corrected chi connectivity index (χ4v) is 5.46. The average molecular weight is 503 g/mol. The number of anilines is 1. The Balaban J connectivity index is 1.41. The highest BCUT2D eigenvalue weighted by molar-refractivity contribution is 8.00. The van der Waals surface area contributed by atoms with Gasteiger partial charge in [0.25, 0.3) is 0 Å². The molecule has 190 valence electrons. The summed E-state index contributed by atoms with van der Waals surface area (Å²) in [7, 11) is 3.13. The summed E-state index contributed by atoms with van der Waals surface area (Å²) in [6, 6.07) is 5.23. The zero-order chi connectivity index (χ0) is 24.6. The first-order chi connectivity index (χ1) is 17.1. The van der Waals surface area contributed by atoms with Gasteiger partial charge in [0.2, 0.25) is 5.91 Å². The molecule has 0 bridgehead atoms. The van der Waals surface area contributed by atoms with Crippen LogP contribution in [-0.2, 0) is 28.9 Å². The Labute approximate surface area is 210 Å². The van der Waals surface area contributed by atoms with Gasteiger partial charge >= 0.3 is 5.69 Å². The van der Waals surface area contributed by atoms with Crippen molar-refractivity contribution < 1.29 is 19.0 Å². The van der Waals surface area contributed by atoms with Crippen LogP contribution < -0.4 is 20.5 Å². The number of carbonyl (C=O) groups is 1. The minimum absolute atomic E-state index is 0.166. The van der Waals surface area contributed by atoms with Gasteiger partial charge in [0.1, 0.15) is 16.5 Å². The predicted molar refractivity (Wildman–Crippen MR) is 136 cm³/mol. The SMILES string of the molecule is COc1cc(NC(=O)CSc2nc(=O)n(CCCN3CCOCC3)c3c2CCCC3)cc(OC)c1. The molecule has 2 aromatic rings. The molecule has 1 aliphatic heterocycles. The summed E-state index contributed by atoms with van der Waals surface area (Å²) in [5.41, 5.74) is 2.60. The Bertz CT molecular complexity index is 1060. The van der Waals surface area contributed by atoms with Gasteiger partial charge in [0, 0.05) is 61.3 Å². The number of amides is 1. The molecule has 0 radical (unpaired) electrons. The van der Waals surface area contributed by atoms with Gasteiger partial charge in [-0.05, 0) is 32.1 Å². The molecule has 4 rings (SSSR count). The summed E-state index contributed by atoms with van der Waals surface area (Å²) < 4.78 is 17.8. The first-order valence-electron chi connectivity index (χ1n) is 12.2. The van der Waals surface area contributed by atoms with E-state index in [1.165, 1.54) is 11.8 Å². The lowest BCUT2D eigenvalue weighted by Gasteiger charge is -2.27. The summed E-state index contributed by atoms with van der Waals surface area (Å²) in [5.74, 6) is 1.19. The predicted octanol–water partition coefficient (Wildman–Crippen LogP) is 2.59. The quantitative estimate of drug-likeness (QED) is 0.391. The summed E-state index contributed by atoms with van der Waals surface area (Å²) in [4.78, 5) is 32.4. The van der Waals surface area contributed by atoms with Crippen LogP contribution in [0.4, 0.5) is 5.69 Å². The van der Waals surface area contributed by atoms with Crippen molar-refractivity contribution in [2.45, 2.75) is 43.7 Å². The van der Waals surface area contributed by atoms with Crippen LogP contribution in [0.2, 0.25) is 0 Å². The molecule has 10 heteroatoms. The molecule has 35 heavy (non-hydrogen) atoms. The van der Waals surface area contributed by atoms with E-state index in [-0.39, 0.29) is 17.3 Å². The maximum atomic E-state index is 12.9. The summed E-state index contributed by atoms with van der Waals surface area (Å²) in [6.45, 7) is 5.09. The average Bonchev–Trinajstić information content (AvgIpc) is 2.89. The molecule has 0 saturated carbocycles. The summed E-state index contributed by atoms with van der Waals surface area (Å²) in [6.07, 6.45) is 4.83. The number of nitrogens with zero attached hydrogens (tertiary/aromatic N) is 3. The van der Waals surface area contributed by atoms with Crippen LogP contribution in [0.15, 0.2) is 28.0 Å². The maximum Gasteiger partial charge on any atom is 0.348 e. The van der Waals surface area contributed by atoms with E-state index in [9.17, 15) is 9.59 Å². The maximum absolute atomic E-state index is 12.9. The van der Waals surface area contributed by atoms with Crippen LogP contribution in [0.1, 0.15) is 30.5 Å². The van der Waals surface area contributed by atoms with Crippen molar-refractivity contribution in [1.29, 1.82) is 0 Å². The Morgan fingerprint density at radius 3 is 2.51 bits per heavy atom. The number of thioether (sulfide) groups is 1. The van der Waals surface area contributed by atoms with Gasteiger partial charge < -0.3 is 19.5 Å². The number of ether oxygens (including phenoxy) is 3. The third-order valence-electron chi connectivity index (χ3n) is 6.39. The topological polar surface area (TPSA) is 94.9 Å². The Morgan fingerprint density at radius 2 is 1.80 bits per heavy atom. The largest absolute Gasteiger partial charge is 0.497 e. The van der Waals surface area contributed by atoms with E-state index in [4.69, 9.17) is 14.2 Å². The Kier molecular flexibility index (Phi) is 9.06. The van der Waals surface area contributed by atoms with E-state index in [1.807, 2.05) is 4.57 Å². The molecule has 0 spiro atoms. The molecule has 1 saturated heterocycles. The molecule has 0 atom stereocenters. The molecule has 0 unspecified atom stereocenters. The minimum atomic E-state index is -0.215. The van der Waals surface area contributed by atoms with Crippen molar-refractivity contribution in [2.24, 2.45) is 0 Å². The van der Waals surface area contributed by atoms with Gasteiger partial charge in [-0.1, -0.05) is 11.8 Å². The number of benzene rings is 1. The lowest BCUT2D eigenvalue weighted by molar-refractivity contribution is -0.113. The van der Waals surface area contributed by atoms with E-state index in [0.29, 0.717) is 28.8 Å². The number of rotatable bonds is 10. The number of morpholine rings is 1. The third-order valence-corrected chi connectivity index (χ3v) is 7.40. The highest BCUT2D eigenvalue weighted by atomic mass is 32.2. The third kappa shape index (κ3) is 6.77. The van der Waals surface area contributed by atoms with Gasteiger partial charge in [-0.2, -0.15) is 4.98 Å². The number of carbonyl (C=O) groups excluding carboxylic acids is 1. The second-order valence-electron chi connectivity index (χ2n) is 8.73. The number of nitrogens with one attached hydrogen (secondary N) is 1. The van der Waals surface area contributed by atoms with Crippen molar-refractivity contribution in [2.75, 3.05) is 58.1 Å². The van der Waals surface area contributed by atoms with Crippen molar-refractivity contribution in [1.82, 2.24) is 14.5 Å². The molecule has 9 nitrogen and oxygen atoms in total. The molecule has 1 aliphatic carbocycles. The number of hydrogen-bond acceptors (Lipinski definition) is 8. The molecule has 1 aromatic heterocycles. The van der Waals surface area contributed by atoms with Crippen LogP contribution >= 0.6 is 11.8 Å². The monoisotopic (exact) mass is 502 g/mol. The van der Waals surface area contributed by atoms with Crippen LogP contribution in [0.25, 0.3) is 0 Å². The molecular weight excluding hydrogens is 468 g/mol. The highest BCUT2D eigenvalue weighted by Crippen LogP contribution is 2.29. The zero-order valence-electron chi connectivity index (χ0n) is 20.5. The van der Waals surface area contributed by atoms with Crippen molar-refractivity contribution in [3.05, 3.63) is 39.9 Å². The standard InChI is InChI=1S/C25H34N4O5S/c1-32-19-14-18(15-20(16-19)33-2)26-23(30)17-35-24-21-6-3-4-7-22(21)29(25(31)27-24)9-5-8-28-10-12-34-13-11-28/h14-16H,3-13,17H2,1-2H3,(H,26,30). The number of fused-ring (bicyclic) bond motifs is 1. The molecule has 1 aromatic carbocycles. The van der Waals surface area contributed by atoms with Gasteiger partial charge in [0.15, 0.2) is 0 Å². The fourth-order valence-electron chi connectivity index (χ4n) is 4.59. The first-order valence-corrected chi connectivity index (χ1v) is 13.1. The summed E-state index contributed by atoms with van der Waals surface area (Å²) in [5, 5.41) is 3.57. The van der Waals surface area contributed by atoms with Crippen LogP contribution in [0.3, 0.4) is 0 Å². The Hall–Kier alpha value is -2.56. The molecule has 1 amide bonds. The van der Waals surface area contributed by atoms with E-state index >= 15 is 0 Å². The zero-order valence-corrected chi connectivity index (χ0v) is 21.3. The van der Waals surface area contributed by atoms with E-state index in [2.05, 4.69) is 15.2 Å². The number of aromatic nitrogens is 2. The van der Waals surface area contributed by atoms with E-state index in [0.717, 1.165) is 76.2 Å². The number of hydrogen-bond donors (Lipinski definition) is 1. The van der Waals surface area contributed by atoms with Crippen molar-refractivity contribution in [3.8, 4) is 11.5 Å². The number of methoxy groups -OCH3 is 2. The van der Waals surface area contributed by atoms with E-state index < -0.39 is 0 Å². The molecule has 2 heterocycles. The van der Waals surface area contributed by atoms with Gasteiger partial charge in [-0.25, -0.2) is 4.79 Å². The molecule has 1 fully saturated rings. The van der Waals surface area contributed by atoms with Gasteiger partial charge in [-0.15, -0.1) is 0 Å². The lowest BCUT2D eigenvalue weighted by Crippen LogP contribution is -2.38. The fraction of sp³-hybridized carbons (Fsp3) is 0.560. The van der Waals surface area contributed by atoms with Crippen molar-refractivity contribution in [3.63, 3.8) is 0 Å². The lowest BCUT2D eigenvalue weighted by atomic mass is 9.97. The highest BCUT2D eigenvalue weighted by Gasteiger charge is 2.21. The van der Waals surface area contributed by atoms with E-state index in [1.54, 1.807) is 32.4 Å². The van der Waals surface area contributed by atoms with Crippen molar-refractivity contribution >= 4 is 23.4 Å². The van der Waals surface area contributed by atoms with Gasteiger partial charge in [-0.3, -0.25) is 14.3 Å². The molecule has 2 aliphatic rings. The first kappa shape index (κ1) is 25.5. The van der Waals surface area contributed by atoms with Crippen LogP contribution in [0.5, 0.6) is 11.5 Å². The second kappa shape index (κ2) is 12.4. The Morgan fingerprint density at radius 1 is 1.09 bits per heavy atom.